The molecule has 0 saturated carbocycles. The molecule has 0 radical (unpaired) electrons. The van der Waals surface area contributed by atoms with Crippen molar-refractivity contribution in [2.24, 2.45) is 0 Å². The van der Waals surface area contributed by atoms with Gasteiger partial charge < -0.3 is 10.0 Å². The summed E-state index contributed by atoms with van der Waals surface area (Å²) in [4.78, 5) is 11.8. The van der Waals surface area contributed by atoms with Crippen molar-refractivity contribution < 1.29 is 27.5 Å². The minimum Gasteiger partial charge on any atom is -0.380 e. The van der Waals surface area contributed by atoms with Crippen molar-refractivity contribution in [2.75, 3.05) is 13.1 Å². The van der Waals surface area contributed by atoms with Gasteiger partial charge >= 0.3 is 0 Å². The number of alkyl halides is 4. The Labute approximate surface area is 83.7 Å². The molecule has 0 spiro atoms. The first-order valence-corrected chi connectivity index (χ1v) is 4.30. The number of amides is 1. The highest BCUT2D eigenvalue weighted by molar-refractivity contribution is 5.78. The first-order valence-electron chi connectivity index (χ1n) is 4.30. The maximum absolute atomic E-state index is 12.4. The number of hydrogen-bond donors (Lipinski definition) is 1. The minimum absolute atomic E-state index is 0.573. The van der Waals surface area contributed by atoms with E-state index in [1.54, 1.807) is 0 Å². The lowest BCUT2D eigenvalue weighted by Crippen LogP contribution is -2.67. The van der Waals surface area contributed by atoms with Crippen molar-refractivity contribution in [1.29, 1.82) is 0 Å². The van der Waals surface area contributed by atoms with Gasteiger partial charge in [-0.1, -0.05) is 0 Å². The Morgan fingerprint density at radius 2 is 2.00 bits per heavy atom. The van der Waals surface area contributed by atoms with Crippen molar-refractivity contribution >= 4 is 5.91 Å². The lowest BCUT2D eigenvalue weighted by molar-refractivity contribution is -0.191. The second-order valence-corrected chi connectivity index (χ2v) is 3.90. The fourth-order valence-corrected chi connectivity index (χ4v) is 1.31. The van der Waals surface area contributed by atoms with E-state index in [4.69, 9.17) is 5.11 Å². The lowest BCUT2D eigenvalue weighted by atomic mass is 9.94. The average molecular weight is 229 g/mol. The molecule has 1 rings (SSSR count). The highest BCUT2D eigenvalue weighted by Gasteiger charge is 2.51. The van der Waals surface area contributed by atoms with E-state index in [2.05, 4.69) is 0 Å². The number of carbonyl (C=O) groups excluding carboxylic acids is 1. The lowest BCUT2D eigenvalue weighted by Gasteiger charge is -2.45. The summed E-state index contributed by atoms with van der Waals surface area (Å²) in [5, 5.41) is 9.07. The fourth-order valence-electron chi connectivity index (χ4n) is 1.31. The molecule has 0 aromatic rings. The molecular weight excluding hydrogens is 218 g/mol. The molecule has 0 atom stereocenters. The largest absolute Gasteiger partial charge is 0.380 e. The molecule has 1 heterocycles. The van der Waals surface area contributed by atoms with E-state index >= 15 is 0 Å². The van der Waals surface area contributed by atoms with Crippen LogP contribution in [0.25, 0.3) is 0 Å². The van der Waals surface area contributed by atoms with Crippen molar-refractivity contribution in [3.05, 3.63) is 0 Å². The summed E-state index contributed by atoms with van der Waals surface area (Å²) in [7, 11) is 0. The van der Waals surface area contributed by atoms with E-state index < -0.39 is 43.4 Å². The SMILES string of the molecule is CC(F)(F)CC(=O)N1CC(O)(C(F)F)C1. The van der Waals surface area contributed by atoms with E-state index in [0.717, 1.165) is 4.90 Å². The third kappa shape index (κ3) is 2.80. The van der Waals surface area contributed by atoms with Crippen LogP contribution in [-0.4, -0.2) is 47.0 Å². The zero-order chi connectivity index (χ0) is 11.9. The van der Waals surface area contributed by atoms with Gasteiger partial charge in [0.2, 0.25) is 5.91 Å². The zero-order valence-electron chi connectivity index (χ0n) is 8.01. The van der Waals surface area contributed by atoms with Crippen LogP contribution < -0.4 is 0 Å². The predicted octanol–water partition coefficient (Wildman–Crippen LogP) is 0.870. The number of halogens is 4. The summed E-state index contributed by atoms with van der Waals surface area (Å²) in [6, 6.07) is 0. The topological polar surface area (TPSA) is 40.5 Å². The number of nitrogens with zero attached hydrogens (tertiary/aromatic N) is 1. The number of aliphatic hydroxyl groups is 1. The summed E-state index contributed by atoms with van der Waals surface area (Å²) in [6.07, 6.45) is -3.99. The first-order chi connectivity index (χ1) is 6.64. The van der Waals surface area contributed by atoms with Crippen LogP contribution in [-0.2, 0) is 4.79 Å². The number of carbonyl (C=O) groups is 1. The van der Waals surface area contributed by atoms with E-state index in [9.17, 15) is 22.4 Å². The van der Waals surface area contributed by atoms with Crippen LogP contribution in [0.2, 0.25) is 0 Å². The van der Waals surface area contributed by atoms with Crippen LogP contribution in [0.3, 0.4) is 0 Å². The van der Waals surface area contributed by atoms with Crippen molar-refractivity contribution in [2.45, 2.75) is 31.3 Å². The van der Waals surface area contributed by atoms with Gasteiger partial charge in [-0.3, -0.25) is 4.79 Å². The number of β-amino-alcohol motifs (C(OH)–C–C–N with tert-alkyl or cyclic N) is 1. The van der Waals surface area contributed by atoms with Gasteiger partial charge in [0.15, 0.2) is 5.60 Å². The Balaban J connectivity index is 2.42. The molecule has 0 aromatic carbocycles. The van der Waals surface area contributed by atoms with Gasteiger partial charge in [0.25, 0.3) is 12.3 Å². The van der Waals surface area contributed by atoms with Gasteiger partial charge in [-0.05, 0) is 6.92 Å². The maximum atomic E-state index is 12.4. The van der Waals surface area contributed by atoms with Gasteiger partial charge in [-0.2, -0.15) is 0 Å². The van der Waals surface area contributed by atoms with Crippen LogP contribution in [0.4, 0.5) is 17.6 Å². The van der Waals surface area contributed by atoms with Gasteiger partial charge in [-0.25, -0.2) is 17.6 Å². The molecule has 88 valence electrons. The Kier molecular flexibility index (Phi) is 2.95. The first kappa shape index (κ1) is 12.2. The number of hydrogen-bond acceptors (Lipinski definition) is 2. The molecule has 1 saturated heterocycles. The molecule has 1 aliphatic rings. The van der Waals surface area contributed by atoms with E-state index in [1.807, 2.05) is 0 Å². The fraction of sp³-hybridized carbons (Fsp3) is 0.875. The van der Waals surface area contributed by atoms with Crippen molar-refractivity contribution in [3.8, 4) is 0 Å². The van der Waals surface area contributed by atoms with E-state index in [1.165, 1.54) is 0 Å². The van der Waals surface area contributed by atoms with Gasteiger partial charge in [0.05, 0.1) is 19.5 Å². The molecule has 7 heteroatoms. The second-order valence-electron chi connectivity index (χ2n) is 3.90. The summed E-state index contributed by atoms with van der Waals surface area (Å²) in [6.45, 7) is -0.594. The normalized spacial score (nSPS) is 20.3. The molecule has 1 fully saturated rings. The Morgan fingerprint density at radius 3 is 2.33 bits per heavy atom. The highest BCUT2D eigenvalue weighted by Crippen LogP contribution is 2.29. The van der Waals surface area contributed by atoms with Gasteiger partial charge in [-0.15, -0.1) is 0 Å². The third-order valence-electron chi connectivity index (χ3n) is 2.15. The van der Waals surface area contributed by atoms with Crippen LogP contribution in [0.1, 0.15) is 13.3 Å². The summed E-state index contributed by atoms with van der Waals surface area (Å²) < 4.78 is 49.0. The molecule has 0 aromatic heterocycles. The number of rotatable bonds is 3. The van der Waals surface area contributed by atoms with Crippen LogP contribution in [0.15, 0.2) is 0 Å². The summed E-state index contributed by atoms with van der Waals surface area (Å²) in [5.74, 6) is -4.08. The summed E-state index contributed by atoms with van der Waals surface area (Å²) >= 11 is 0. The van der Waals surface area contributed by atoms with E-state index in [-0.39, 0.29) is 0 Å². The maximum Gasteiger partial charge on any atom is 0.270 e. The van der Waals surface area contributed by atoms with E-state index in [0.29, 0.717) is 6.92 Å². The standard InChI is InChI=1S/C8H11F4NO2/c1-7(11,12)2-5(14)13-3-8(15,4-13)6(9)10/h6,15H,2-4H2,1H3. The molecule has 0 aliphatic carbocycles. The monoisotopic (exact) mass is 229 g/mol. The van der Waals surface area contributed by atoms with Crippen LogP contribution >= 0.6 is 0 Å². The van der Waals surface area contributed by atoms with Crippen LogP contribution in [0, 0.1) is 0 Å². The van der Waals surface area contributed by atoms with Crippen molar-refractivity contribution in [1.82, 2.24) is 4.90 Å². The quantitative estimate of drug-likeness (QED) is 0.729. The molecule has 15 heavy (non-hydrogen) atoms. The predicted molar refractivity (Wildman–Crippen MR) is 42.8 cm³/mol. The Morgan fingerprint density at radius 1 is 1.53 bits per heavy atom. The smallest absolute Gasteiger partial charge is 0.270 e. The van der Waals surface area contributed by atoms with Crippen LogP contribution in [0.5, 0.6) is 0 Å². The average Bonchev–Trinajstić information content (AvgIpc) is 1.94. The summed E-state index contributed by atoms with van der Waals surface area (Å²) in [5.41, 5.74) is -2.22. The van der Waals surface area contributed by atoms with Gasteiger partial charge in [0, 0.05) is 0 Å². The second kappa shape index (κ2) is 3.62. The third-order valence-corrected chi connectivity index (χ3v) is 2.15. The number of likely N-dealkylation sites (tertiary alicyclic amines) is 1. The Bertz CT molecular complexity index is 258. The minimum atomic E-state index is -3.16. The Hall–Kier alpha value is -0.850. The highest BCUT2D eigenvalue weighted by atomic mass is 19.3. The molecular formula is C8H11F4NO2. The van der Waals surface area contributed by atoms with Crippen molar-refractivity contribution in [3.63, 3.8) is 0 Å². The zero-order valence-corrected chi connectivity index (χ0v) is 8.01. The molecule has 3 nitrogen and oxygen atoms in total. The molecule has 0 bridgehead atoms. The van der Waals surface area contributed by atoms with Gasteiger partial charge in [0.1, 0.15) is 0 Å². The molecule has 1 aliphatic heterocycles. The molecule has 1 amide bonds. The molecule has 0 unspecified atom stereocenters. The molecule has 1 N–H and O–H groups in total.